The molecule has 2 nitrogen and oxygen atoms in total. The lowest BCUT2D eigenvalue weighted by atomic mass is 10.2. The third-order valence-corrected chi connectivity index (χ3v) is 5.11. The van der Waals surface area contributed by atoms with Crippen LogP contribution in [0.1, 0.15) is 0 Å². The van der Waals surface area contributed by atoms with Gasteiger partial charge in [0.25, 0.3) is 9.05 Å². The first-order valence-electron chi connectivity index (χ1n) is 4.17. The van der Waals surface area contributed by atoms with Gasteiger partial charge in [0.05, 0.1) is 0 Å². The second-order valence-electron chi connectivity index (χ2n) is 2.92. The first-order chi connectivity index (χ1) is 7.07. The van der Waals surface area contributed by atoms with Gasteiger partial charge >= 0.3 is 0 Å². The Bertz CT molecular complexity index is 558. The van der Waals surface area contributed by atoms with Crippen molar-refractivity contribution < 1.29 is 8.42 Å². The third-order valence-electron chi connectivity index (χ3n) is 1.88. The summed E-state index contributed by atoms with van der Waals surface area (Å²) in [4.78, 5) is 0.898. The van der Waals surface area contributed by atoms with E-state index in [2.05, 4.69) is 0 Å². The molecule has 0 bridgehead atoms. The molecular formula is C10H7ClO2S2. The number of halogens is 1. The van der Waals surface area contributed by atoms with Crippen LogP contribution in [0.5, 0.6) is 0 Å². The minimum Gasteiger partial charge on any atom is -0.206 e. The Hall–Kier alpha value is -0.840. The molecule has 0 N–H and O–H groups in total. The van der Waals surface area contributed by atoms with Gasteiger partial charge < -0.3 is 0 Å². The Morgan fingerprint density at radius 2 is 1.67 bits per heavy atom. The number of hydrogen-bond donors (Lipinski definition) is 0. The second-order valence-corrected chi connectivity index (χ2v) is 6.80. The molecule has 5 heteroatoms. The van der Waals surface area contributed by atoms with E-state index in [1.807, 2.05) is 30.3 Å². The van der Waals surface area contributed by atoms with Crippen LogP contribution in [-0.4, -0.2) is 8.42 Å². The molecular weight excluding hydrogens is 252 g/mol. The number of hydrogen-bond acceptors (Lipinski definition) is 3. The topological polar surface area (TPSA) is 34.1 Å². The van der Waals surface area contributed by atoms with Crippen LogP contribution >= 0.6 is 22.0 Å². The predicted octanol–water partition coefficient (Wildman–Crippen LogP) is 3.34. The molecule has 1 aromatic carbocycles. The van der Waals surface area contributed by atoms with E-state index in [-0.39, 0.29) is 4.21 Å². The van der Waals surface area contributed by atoms with Crippen LogP contribution in [-0.2, 0) is 9.05 Å². The molecule has 0 aliphatic carbocycles. The predicted molar refractivity (Wildman–Crippen MR) is 62.8 cm³/mol. The summed E-state index contributed by atoms with van der Waals surface area (Å²) in [6.07, 6.45) is 0. The van der Waals surface area contributed by atoms with Gasteiger partial charge in [0, 0.05) is 15.6 Å². The van der Waals surface area contributed by atoms with Crippen LogP contribution < -0.4 is 0 Å². The van der Waals surface area contributed by atoms with Crippen molar-refractivity contribution in [1.82, 2.24) is 0 Å². The highest BCUT2D eigenvalue weighted by atomic mass is 35.7. The molecule has 0 aliphatic rings. The van der Waals surface area contributed by atoms with E-state index in [0.29, 0.717) is 0 Å². The Labute approximate surface area is 96.6 Å². The molecule has 0 fully saturated rings. The molecule has 78 valence electrons. The fraction of sp³-hybridized carbons (Fsp3) is 0. The van der Waals surface area contributed by atoms with Crippen molar-refractivity contribution >= 4 is 31.1 Å². The second kappa shape index (κ2) is 3.96. The Morgan fingerprint density at radius 3 is 2.20 bits per heavy atom. The number of thiophene rings is 1. The molecule has 2 rings (SSSR count). The fourth-order valence-electron chi connectivity index (χ4n) is 1.21. The molecule has 0 radical (unpaired) electrons. The van der Waals surface area contributed by atoms with Crippen molar-refractivity contribution in [2.45, 2.75) is 4.21 Å². The van der Waals surface area contributed by atoms with Gasteiger partial charge in [0.1, 0.15) is 4.21 Å². The van der Waals surface area contributed by atoms with Crippen molar-refractivity contribution in [2.75, 3.05) is 0 Å². The maximum atomic E-state index is 11.1. The summed E-state index contributed by atoms with van der Waals surface area (Å²) in [5, 5.41) is 0. The average molecular weight is 259 g/mol. The molecule has 0 spiro atoms. The molecule has 0 amide bonds. The molecule has 0 atom stereocenters. The van der Waals surface area contributed by atoms with Gasteiger partial charge in [-0.25, -0.2) is 8.42 Å². The van der Waals surface area contributed by atoms with Gasteiger partial charge in [-0.15, -0.1) is 11.3 Å². The van der Waals surface area contributed by atoms with Crippen LogP contribution in [0.3, 0.4) is 0 Å². The highest BCUT2D eigenvalue weighted by Gasteiger charge is 2.13. The Kier molecular flexibility index (Phi) is 2.82. The minimum atomic E-state index is -3.60. The Balaban J connectivity index is 2.46. The first-order valence-corrected chi connectivity index (χ1v) is 7.30. The third kappa shape index (κ3) is 2.40. The quantitative estimate of drug-likeness (QED) is 0.775. The summed E-state index contributed by atoms with van der Waals surface area (Å²) < 4.78 is 22.3. The molecule has 2 aromatic rings. The van der Waals surface area contributed by atoms with E-state index in [0.717, 1.165) is 10.4 Å². The van der Waals surface area contributed by atoms with Crippen molar-refractivity contribution in [3.05, 3.63) is 42.5 Å². The summed E-state index contributed by atoms with van der Waals surface area (Å²) in [5.74, 6) is 0. The maximum absolute atomic E-state index is 11.1. The average Bonchev–Trinajstić information content (AvgIpc) is 2.67. The van der Waals surface area contributed by atoms with Crippen molar-refractivity contribution in [2.24, 2.45) is 0 Å². The zero-order valence-corrected chi connectivity index (χ0v) is 9.94. The van der Waals surface area contributed by atoms with Gasteiger partial charge in [0.15, 0.2) is 0 Å². The monoisotopic (exact) mass is 258 g/mol. The van der Waals surface area contributed by atoms with E-state index in [1.54, 1.807) is 6.07 Å². The molecule has 1 heterocycles. The molecule has 0 unspecified atom stereocenters. The Morgan fingerprint density at radius 1 is 1.00 bits per heavy atom. The van der Waals surface area contributed by atoms with E-state index in [9.17, 15) is 8.42 Å². The van der Waals surface area contributed by atoms with Crippen molar-refractivity contribution in [1.29, 1.82) is 0 Å². The summed E-state index contributed by atoms with van der Waals surface area (Å²) in [6, 6.07) is 12.9. The summed E-state index contributed by atoms with van der Waals surface area (Å²) >= 11 is 1.17. The van der Waals surface area contributed by atoms with Crippen LogP contribution in [0.25, 0.3) is 10.4 Å². The van der Waals surface area contributed by atoms with Gasteiger partial charge in [-0.2, -0.15) is 0 Å². The van der Waals surface area contributed by atoms with Crippen LogP contribution in [0.4, 0.5) is 0 Å². The first kappa shape index (κ1) is 10.7. The highest BCUT2D eigenvalue weighted by molar-refractivity contribution is 8.15. The molecule has 0 saturated heterocycles. The lowest BCUT2D eigenvalue weighted by Gasteiger charge is -1.94. The molecule has 15 heavy (non-hydrogen) atoms. The van der Waals surface area contributed by atoms with Gasteiger partial charge in [-0.05, 0) is 17.7 Å². The van der Waals surface area contributed by atoms with Crippen molar-refractivity contribution in [3.8, 4) is 10.4 Å². The van der Waals surface area contributed by atoms with E-state index >= 15 is 0 Å². The minimum absolute atomic E-state index is 0.183. The number of benzene rings is 1. The molecule has 1 aromatic heterocycles. The van der Waals surface area contributed by atoms with E-state index in [1.165, 1.54) is 17.4 Å². The standard InChI is InChI=1S/C10H7ClO2S2/c11-15(12,13)10-7-6-9(14-10)8-4-2-1-3-5-8/h1-7H. The smallest absolute Gasteiger partial charge is 0.206 e. The van der Waals surface area contributed by atoms with Gasteiger partial charge in [0.2, 0.25) is 0 Å². The maximum Gasteiger partial charge on any atom is 0.270 e. The lowest BCUT2D eigenvalue weighted by Crippen LogP contribution is -1.83. The number of rotatable bonds is 2. The fourth-order valence-corrected chi connectivity index (χ4v) is 3.29. The van der Waals surface area contributed by atoms with Crippen LogP contribution in [0.2, 0.25) is 0 Å². The lowest BCUT2D eigenvalue weighted by molar-refractivity contribution is 0.611. The zero-order chi connectivity index (χ0) is 10.9. The van der Waals surface area contributed by atoms with E-state index < -0.39 is 9.05 Å². The zero-order valence-electron chi connectivity index (χ0n) is 7.55. The van der Waals surface area contributed by atoms with E-state index in [4.69, 9.17) is 10.7 Å². The highest BCUT2D eigenvalue weighted by Crippen LogP contribution is 2.31. The largest absolute Gasteiger partial charge is 0.270 e. The van der Waals surface area contributed by atoms with Crippen molar-refractivity contribution in [3.63, 3.8) is 0 Å². The summed E-state index contributed by atoms with van der Waals surface area (Å²) in [5.41, 5.74) is 0.995. The van der Waals surface area contributed by atoms with Gasteiger partial charge in [-0.3, -0.25) is 0 Å². The molecule has 0 aliphatic heterocycles. The summed E-state index contributed by atoms with van der Waals surface area (Å²) in [7, 11) is 1.64. The molecule has 0 saturated carbocycles. The van der Waals surface area contributed by atoms with Crippen LogP contribution in [0.15, 0.2) is 46.7 Å². The van der Waals surface area contributed by atoms with Crippen LogP contribution in [0, 0.1) is 0 Å². The summed E-state index contributed by atoms with van der Waals surface area (Å²) in [6.45, 7) is 0. The normalized spacial score (nSPS) is 11.5. The SMILES string of the molecule is O=S(=O)(Cl)c1ccc(-c2ccccc2)s1. The van der Waals surface area contributed by atoms with Gasteiger partial charge in [-0.1, -0.05) is 30.3 Å².